The van der Waals surface area contributed by atoms with Crippen molar-refractivity contribution in [2.75, 3.05) is 13.1 Å². The number of fused-ring (bicyclic) bond motifs is 2. The molecule has 2 aliphatic rings. The molecule has 2 fully saturated rings. The number of imidazole rings is 1. The molecule has 0 spiro atoms. The molecule has 3 aromatic heterocycles. The average Bonchev–Trinajstić information content (AvgIpc) is 3.69. The van der Waals surface area contributed by atoms with Crippen LogP contribution in [0.15, 0.2) is 29.8 Å². The van der Waals surface area contributed by atoms with Gasteiger partial charge in [-0.25, -0.2) is 14.8 Å². The van der Waals surface area contributed by atoms with Gasteiger partial charge < -0.3 is 15.0 Å². The van der Waals surface area contributed by atoms with E-state index < -0.39 is 6.09 Å². The van der Waals surface area contributed by atoms with Crippen molar-refractivity contribution in [3.8, 4) is 16.3 Å². The van der Waals surface area contributed by atoms with Gasteiger partial charge >= 0.3 is 6.09 Å². The molecule has 4 aromatic rings. The zero-order valence-corrected chi connectivity index (χ0v) is 23.6. The summed E-state index contributed by atoms with van der Waals surface area (Å²) >= 11 is 3.05. The quantitative estimate of drug-likeness (QED) is 0.341. The van der Waals surface area contributed by atoms with Crippen molar-refractivity contribution in [3.63, 3.8) is 0 Å². The van der Waals surface area contributed by atoms with Crippen molar-refractivity contribution in [2.24, 2.45) is 11.8 Å². The number of carbonyl (C=O) groups is 2. The molecule has 1 saturated heterocycles. The van der Waals surface area contributed by atoms with Crippen molar-refractivity contribution >= 4 is 39.6 Å². The zero-order valence-electron chi connectivity index (χ0n) is 22.0. The Morgan fingerprint density at radius 1 is 1.13 bits per heavy atom. The third-order valence-electron chi connectivity index (χ3n) is 8.04. The summed E-state index contributed by atoms with van der Waals surface area (Å²) in [6, 6.07) is 6.21. The summed E-state index contributed by atoms with van der Waals surface area (Å²) in [5.74, 6) is 1.19. The molecule has 10 heteroatoms. The normalized spacial score (nSPS) is 20.7. The van der Waals surface area contributed by atoms with Crippen LogP contribution in [0.3, 0.4) is 0 Å². The fraction of sp³-hybridized carbons (Fsp3) is 0.429. The van der Waals surface area contributed by atoms with Gasteiger partial charge in [0, 0.05) is 24.7 Å². The number of ether oxygens (including phenoxy) is 1. The van der Waals surface area contributed by atoms with E-state index in [1.807, 2.05) is 30.3 Å². The number of hydrogen-bond donors (Lipinski definition) is 1. The number of rotatable bonds is 5. The molecule has 6 rings (SSSR count). The molecule has 38 heavy (non-hydrogen) atoms. The predicted molar refractivity (Wildman–Crippen MR) is 149 cm³/mol. The Morgan fingerprint density at radius 3 is 2.79 bits per heavy atom. The van der Waals surface area contributed by atoms with E-state index in [-0.39, 0.29) is 11.9 Å². The summed E-state index contributed by atoms with van der Waals surface area (Å²) in [4.78, 5) is 39.6. The van der Waals surface area contributed by atoms with Gasteiger partial charge in [-0.2, -0.15) is 0 Å². The Kier molecular flexibility index (Phi) is 6.47. The third-order valence-corrected chi connectivity index (χ3v) is 9.81. The Balaban J connectivity index is 1.22. The molecule has 0 unspecified atom stereocenters. The van der Waals surface area contributed by atoms with Crippen LogP contribution < -0.4 is 10.1 Å². The smallest absolute Gasteiger partial charge is 0.391 e. The first kappa shape index (κ1) is 25.1. The van der Waals surface area contributed by atoms with Gasteiger partial charge in [-0.1, -0.05) is 24.6 Å². The van der Waals surface area contributed by atoms with E-state index in [9.17, 15) is 9.59 Å². The van der Waals surface area contributed by atoms with Crippen LogP contribution in [0.4, 0.5) is 4.79 Å². The first-order chi connectivity index (χ1) is 18.3. The van der Waals surface area contributed by atoms with Gasteiger partial charge in [-0.15, -0.1) is 22.7 Å². The second kappa shape index (κ2) is 9.81. The minimum Gasteiger partial charge on any atom is -0.391 e. The number of aromatic nitrogens is 3. The number of nitrogens with one attached hydrogen (secondary N) is 1. The minimum atomic E-state index is -0.532. The fourth-order valence-corrected chi connectivity index (χ4v) is 7.67. The van der Waals surface area contributed by atoms with E-state index in [4.69, 9.17) is 9.72 Å². The highest BCUT2D eigenvalue weighted by atomic mass is 32.1. The lowest BCUT2D eigenvalue weighted by atomic mass is 9.94. The largest absolute Gasteiger partial charge is 0.414 e. The van der Waals surface area contributed by atoms with Crippen LogP contribution in [-0.2, 0) is 0 Å². The highest BCUT2D eigenvalue weighted by molar-refractivity contribution is 7.15. The molecule has 1 aliphatic heterocycles. The molecular weight excluding hydrogens is 518 g/mol. The van der Waals surface area contributed by atoms with E-state index in [0.29, 0.717) is 42.2 Å². The summed E-state index contributed by atoms with van der Waals surface area (Å²) in [5.41, 5.74) is 4.61. The maximum absolute atomic E-state index is 14.0. The lowest BCUT2D eigenvalue weighted by Crippen LogP contribution is -2.46. The van der Waals surface area contributed by atoms with Crippen LogP contribution in [0.2, 0.25) is 0 Å². The van der Waals surface area contributed by atoms with E-state index in [2.05, 4.69) is 42.3 Å². The van der Waals surface area contributed by atoms with Crippen molar-refractivity contribution < 1.29 is 14.3 Å². The molecule has 1 aliphatic carbocycles. The number of carbonyl (C=O) groups excluding carboxylic acids is 2. The SMILES string of the molecule is Cc1nc(C(=O)N2C[C@@H]3CCC[C@@H]3[C@H]2CNC(=O)Oc2c(C)nc3sccn23)c(-c2ccc(C)c(C)c2)s1. The number of hydrogen-bond acceptors (Lipinski definition) is 7. The van der Waals surface area contributed by atoms with E-state index >= 15 is 0 Å². The second-order valence-electron chi connectivity index (χ2n) is 10.4. The Bertz CT molecular complexity index is 1540. The van der Waals surface area contributed by atoms with E-state index in [1.54, 1.807) is 15.7 Å². The van der Waals surface area contributed by atoms with Crippen molar-refractivity contribution in [1.29, 1.82) is 0 Å². The van der Waals surface area contributed by atoms with Gasteiger partial charge in [0.2, 0.25) is 5.88 Å². The van der Waals surface area contributed by atoms with Crippen molar-refractivity contribution in [2.45, 2.75) is 53.0 Å². The Hall–Kier alpha value is -3.24. The third kappa shape index (κ3) is 4.39. The molecule has 8 nitrogen and oxygen atoms in total. The average molecular weight is 550 g/mol. The maximum Gasteiger partial charge on any atom is 0.414 e. The van der Waals surface area contributed by atoms with Crippen LogP contribution in [0, 0.1) is 39.5 Å². The van der Waals surface area contributed by atoms with Crippen molar-refractivity contribution in [3.05, 3.63) is 57.3 Å². The molecule has 4 heterocycles. The lowest BCUT2D eigenvalue weighted by Gasteiger charge is -2.28. The van der Waals surface area contributed by atoms with Gasteiger partial charge in [0.15, 0.2) is 4.96 Å². The Labute approximate surface area is 229 Å². The molecule has 0 radical (unpaired) electrons. The molecule has 2 amide bonds. The molecule has 1 saturated carbocycles. The number of aryl methyl sites for hydroxylation is 4. The van der Waals surface area contributed by atoms with Gasteiger partial charge in [-0.05, 0) is 69.1 Å². The molecule has 198 valence electrons. The lowest BCUT2D eigenvalue weighted by molar-refractivity contribution is 0.0706. The predicted octanol–water partition coefficient (Wildman–Crippen LogP) is 5.78. The molecule has 1 N–H and O–H groups in total. The topological polar surface area (TPSA) is 88.8 Å². The van der Waals surface area contributed by atoms with Gasteiger partial charge in [0.1, 0.15) is 11.4 Å². The summed E-state index contributed by atoms with van der Waals surface area (Å²) < 4.78 is 7.43. The number of amides is 2. The van der Waals surface area contributed by atoms with Crippen LogP contribution in [0.25, 0.3) is 15.4 Å². The Morgan fingerprint density at radius 2 is 1.97 bits per heavy atom. The van der Waals surface area contributed by atoms with Gasteiger partial charge in [0.05, 0.1) is 15.9 Å². The van der Waals surface area contributed by atoms with Crippen LogP contribution in [0.5, 0.6) is 5.88 Å². The van der Waals surface area contributed by atoms with Gasteiger partial charge in [0.25, 0.3) is 5.91 Å². The van der Waals surface area contributed by atoms with E-state index in [1.165, 1.54) is 22.5 Å². The number of benzene rings is 1. The monoisotopic (exact) mass is 549 g/mol. The first-order valence-corrected chi connectivity index (χ1v) is 14.7. The molecular formula is C28H31N5O3S2. The van der Waals surface area contributed by atoms with Crippen molar-refractivity contribution in [1.82, 2.24) is 24.6 Å². The maximum atomic E-state index is 14.0. The number of thiazole rings is 2. The molecule has 3 atom stereocenters. The summed E-state index contributed by atoms with van der Waals surface area (Å²) in [6.07, 6.45) is 4.64. The number of nitrogens with zero attached hydrogens (tertiary/aromatic N) is 4. The molecule has 1 aromatic carbocycles. The first-order valence-electron chi connectivity index (χ1n) is 13.0. The summed E-state index contributed by atoms with van der Waals surface area (Å²) in [5, 5.41) is 5.73. The highest BCUT2D eigenvalue weighted by Gasteiger charge is 2.47. The summed E-state index contributed by atoms with van der Waals surface area (Å²) in [7, 11) is 0. The van der Waals surface area contributed by atoms with E-state index in [0.717, 1.165) is 39.7 Å². The molecule has 0 bridgehead atoms. The highest BCUT2D eigenvalue weighted by Crippen LogP contribution is 2.43. The summed E-state index contributed by atoms with van der Waals surface area (Å²) in [6.45, 7) is 9.00. The van der Waals surface area contributed by atoms with Crippen LogP contribution >= 0.6 is 22.7 Å². The minimum absolute atomic E-state index is 0.0521. The fourth-order valence-electron chi connectivity index (χ4n) is 6.01. The zero-order chi connectivity index (χ0) is 26.6. The second-order valence-corrected chi connectivity index (χ2v) is 12.5. The van der Waals surface area contributed by atoms with Gasteiger partial charge in [-0.3, -0.25) is 9.20 Å². The number of likely N-dealkylation sites (tertiary alicyclic amines) is 1. The standard InChI is InChI=1S/C28H31N5O3S2/c1-15-8-9-19(12-16(15)2)24-23(31-18(4)38-24)25(34)33-14-20-6-5-7-21(20)22(33)13-29-28(35)36-26-17(3)30-27-32(26)10-11-37-27/h8-12,20-22H,5-7,13-14H2,1-4H3,(H,29,35)/t20-,21-,22+/m0/s1. The van der Waals surface area contributed by atoms with Crippen LogP contribution in [-0.4, -0.2) is 50.4 Å². The van der Waals surface area contributed by atoms with Crippen LogP contribution in [0.1, 0.15) is 51.6 Å².